The van der Waals surface area contributed by atoms with Gasteiger partial charge < -0.3 is 10.1 Å². The van der Waals surface area contributed by atoms with E-state index in [1.165, 1.54) is 7.11 Å². The molecule has 120 valence electrons. The highest BCUT2D eigenvalue weighted by molar-refractivity contribution is 6.07. The first-order valence-electron chi connectivity index (χ1n) is 7.38. The van der Waals surface area contributed by atoms with Crippen LogP contribution in [0.2, 0.25) is 0 Å². The molecule has 1 aromatic carbocycles. The van der Waals surface area contributed by atoms with Gasteiger partial charge in [0.05, 0.1) is 18.2 Å². The number of methoxy groups -OCH3 is 1. The van der Waals surface area contributed by atoms with Crippen LogP contribution in [0, 0.1) is 0 Å². The fourth-order valence-electron chi connectivity index (χ4n) is 2.24. The van der Waals surface area contributed by atoms with Gasteiger partial charge in [-0.2, -0.15) is 0 Å². The lowest BCUT2D eigenvalue weighted by molar-refractivity contribution is -0.142. The Labute approximate surface area is 135 Å². The number of hydrogen-bond acceptors (Lipinski definition) is 4. The quantitative estimate of drug-likeness (QED) is 0.681. The largest absolute Gasteiger partial charge is 0.467 e. The number of benzene rings is 1. The van der Waals surface area contributed by atoms with Gasteiger partial charge in [-0.3, -0.25) is 9.78 Å². The number of rotatable bonds is 5. The van der Waals surface area contributed by atoms with Gasteiger partial charge >= 0.3 is 5.97 Å². The summed E-state index contributed by atoms with van der Waals surface area (Å²) in [5.41, 5.74) is 2.29. The summed E-state index contributed by atoms with van der Waals surface area (Å²) in [6, 6.07) is 8.32. The van der Waals surface area contributed by atoms with Crippen molar-refractivity contribution in [3.8, 4) is 0 Å². The van der Waals surface area contributed by atoms with Crippen molar-refractivity contribution in [1.29, 1.82) is 0 Å². The second-order valence-electron chi connectivity index (χ2n) is 5.44. The van der Waals surface area contributed by atoms with Gasteiger partial charge in [0.2, 0.25) is 0 Å². The van der Waals surface area contributed by atoms with E-state index in [0.29, 0.717) is 12.0 Å². The van der Waals surface area contributed by atoms with E-state index in [0.717, 1.165) is 16.5 Å². The molecule has 0 unspecified atom stereocenters. The fourth-order valence-corrected chi connectivity index (χ4v) is 2.24. The molecule has 0 radical (unpaired) electrons. The first-order valence-corrected chi connectivity index (χ1v) is 7.38. The first-order chi connectivity index (χ1) is 11.0. The van der Waals surface area contributed by atoms with Crippen LogP contribution >= 0.6 is 0 Å². The Morgan fingerprint density at radius 2 is 2.00 bits per heavy atom. The van der Waals surface area contributed by atoms with E-state index in [-0.39, 0.29) is 5.91 Å². The molecule has 1 amide bonds. The van der Waals surface area contributed by atoms with E-state index in [2.05, 4.69) is 10.3 Å². The molecule has 23 heavy (non-hydrogen) atoms. The molecule has 2 rings (SSSR count). The van der Waals surface area contributed by atoms with E-state index in [1.807, 2.05) is 44.2 Å². The number of ether oxygens (including phenoxy) is 1. The van der Waals surface area contributed by atoms with Crippen LogP contribution in [0.1, 0.15) is 30.6 Å². The van der Waals surface area contributed by atoms with Gasteiger partial charge in [0, 0.05) is 11.6 Å². The number of carbonyl (C=O) groups excluding carboxylic acids is 2. The third-order valence-corrected chi connectivity index (χ3v) is 3.45. The molecular weight excluding hydrogens is 292 g/mol. The zero-order chi connectivity index (χ0) is 16.8. The van der Waals surface area contributed by atoms with Crippen LogP contribution in [-0.2, 0) is 9.53 Å². The smallest absolute Gasteiger partial charge is 0.328 e. The van der Waals surface area contributed by atoms with Gasteiger partial charge in [-0.1, -0.05) is 29.8 Å². The van der Waals surface area contributed by atoms with Gasteiger partial charge in [0.1, 0.15) is 6.04 Å². The number of carbonyl (C=O) groups is 2. The maximum Gasteiger partial charge on any atom is 0.328 e. The predicted octanol–water partition coefficient (Wildman–Crippen LogP) is 2.86. The highest BCUT2D eigenvalue weighted by Crippen LogP contribution is 2.16. The molecular formula is C18H20N2O3. The highest BCUT2D eigenvalue weighted by atomic mass is 16.5. The maximum absolute atomic E-state index is 12.6. The van der Waals surface area contributed by atoms with Crippen LogP contribution in [0.3, 0.4) is 0 Å². The predicted molar refractivity (Wildman–Crippen MR) is 89.1 cm³/mol. The van der Waals surface area contributed by atoms with Crippen LogP contribution in [0.4, 0.5) is 0 Å². The summed E-state index contributed by atoms with van der Waals surface area (Å²) in [7, 11) is 1.31. The number of nitrogens with zero attached hydrogens (tertiary/aromatic N) is 1. The van der Waals surface area contributed by atoms with Gasteiger partial charge in [0.25, 0.3) is 5.91 Å². The number of esters is 1. The van der Waals surface area contributed by atoms with E-state index in [4.69, 9.17) is 4.74 Å². The molecule has 0 aliphatic rings. The highest BCUT2D eigenvalue weighted by Gasteiger charge is 2.22. The van der Waals surface area contributed by atoms with Crippen molar-refractivity contribution < 1.29 is 14.3 Å². The van der Waals surface area contributed by atoms with Crippen molar-refractivity contribution >= 4 is 22.8 Å². The Bertz CT molecular complexity index is 744. The Morgan fingerprint density at radius 3 is 2.70 bits per heavy atom. The summed E-state index contributed by atoms with van der Waals surface area (Å²) in [6.45, 7) is 3.87. The van der Waals surface area contributed by atoms with E-state index in [9.17, 15) is 9.59 Å². The average Bonchev–Trinajstić information content (AvgIpc) is 2.56. The zero-order valence-electron chi connectivity index (χ0n) is 13.5. The minimum atomic E-state index is -0.714. The summed E-state index contributed by atoms with van der Waals surface area (Å²) in [4.78, 5) is 28.7. The molecule has 1 aromatic heterocycles. The second kappa shape index (κ2) is 7.54. The summed E-state index contributed by atoms with van der Waals surface area (Å²) >= 11 is 0. The maximum atomic E-state index is 12.6. The number of para-hydroxylation sites is 1. The van der Waals surface area contributed by atoms with Crippen LogP contribution in [0.5, 0.6) is 0 Å². The minimum Gasteiger partial charge on any atom is -0.467 e. The molecule has 0 saturated carbocycles. The SMILES string of the molecule is COC(=O)[C@@H](CC=C(C)C)NC(=O)c1ccnc2ccccc12. The van der Waals surface area contributed by atoms with Gasteiger partial charge in [-0.15, -0.1) is 0 Å². The first kappa shape index (κ1) is 16.7. The van der Waals surface area contributed by atoms with E-state index >= 15 is 0 Å². The molecule has 1 atom stereocenters. The topological polar surface area (TPSA) is 68.3 Å². The zero-order valence-corrected chi connectivity index (χ0v) is 13.5. The molecule has 5 nitrogen and oxygen atoms in total. The number of fused-ring (bicyclic) bond motifs is 1. The summed E-state index contributed by atoms with van der Waals surface area (Å²) in [5, 5.41) is 3.49. The van der Waals surface area contributed by atoms with Crippen LogP contribution in [0.25, 0.3) is 10.9 Å². The molecule has 1 N–H and O–H groups in total. The number of amides is 1. The van der Waals surface area contributed by atoms with Crippen molar-refractivity contribution in [1.82, 2.24) is 10.3 Å². The molecule has 0 spiro atoms. The number of aromatic nitrogens is 1. The van der Waals surface area contributed by atoms with Crippen molar-refractivity contribution in [2.45, 2.75) is 26.3 Å². The van der Waals surface area contributed by atoms with Crippen molar-refractivity contribution in [2.75, 3.05) is 7.11 Å². The Kier molecular flexibility index (Phi) is 5.46. The average molecular weight is 312 g/mol. The molecule has 2 aromatic rings. The minimum absolute atomic E-state index is 0.318. The lowest BCUT2D eigenvalue weighted by atomic mass is 10.1. The Hall–Kier alpha value is -2.69. The number of nitrogens with one attached hydrogen (secondary N) is 1. The van der Waals surface area contributed by atoms with Crippen molar-refractivity contribution in [2.24, 2.45) is 0 Å². The lowest BCUT2D eigenvalue weighted by Crippen LogP contribution is -2.41. The van der Waals surface area contributed by atoms with E-state index < -0.39 is 12.0 Å². The normalized spacial score (nSPS) is 11.6. The number of hydrogen-bond donors (Lipinski definition) is 1. The third kappa shape index (κ3) is 4.16. The molecule has 0 bridgehead atoms. The van der Waals surface area contributed by atoms with Crippen molar-refractivity contribution in [3.63, 3.8) is 0 Å². The second-order valence-corrected chi connectivity index (χ2v) is 5.44. The molecule has 5 heteroatoms. The van der Waals surface area contributed by atoms with Crippen molar-refractivity contribution in [3.05, 3.63) is 53.7 Å². The third-order valence-electron chi connectivity index (χ3n) is 3.45. The standard InChI is InChI=1S/C18H20N2O3/c1-12(2)8-9-16(18(22)23-3)20-17(21)14-10-11-19-15-7-5-4-6-13(14)15/h4-8,10-11,16H,9H2,1-3H3,(H,20,21)/t16-/m1/s1. The summed E-state index contributed by atoms with van der Waals surface area (Å²) < 4.78 is 4.77. The number of allylic oxidation sites excluding steroid dienone is 1. The molecule has 0 fully saturated rings. The fraction of sp³-hybridized carbons (Fsp3) is 0.278. The Morgan fingerprint density at radius 1 is 1.26 bits per heavy atom. The Balaban J connectivity index is 2.26. The van der Waals surface area contributed by atoms with Gasteiger partial charge in [-0.05, 0) is 32.4 Å². The van der Waals surface area contributed by atoms with Crippen LogP contribution in [-0.4, -0.2) is 30.0 Å². The molecule has 1 heterocycles. The molecule has 0 aliphatic carbocycles. The molecule has 0 saturated heterocycles. The van der Waals surface area contributed by atoms with Crippen LogP contribution < -0.4 is 5.32 Å². The van der Waals surface area contributed by atoms with E-state index in [1.54, 1.807) is 12.3 Å². The summed E-state index contributed by atoms with van der Waals surface area (Å²) in [5.74, 6) is -0.782. The van der Waals surface area contributed by atoms with Gasteiger partial charge in [-0.25, -0.2) is 4.79 Å². The van der Waals surface area contributed by atoms with Crippen LogP contribution in [0.15, 0.2) is 48.2 Å². The summed E-state index contributed by atoms with van der Waals surface area (Å²) in [6.07, 6.45) is 3.87. The lowest BCUT2D eigenvalue weighted by Gasteiger charge is -2.16. The van der Waals surface area contributed by atoms with Gasteiger partial charge in [0.15, 0.2) is 0 Å². The molecule has 0 aliphatic heterocycles. The monoisotopic (exact) mass is 312 g/mol. The number of pyridine rings is 1.